The lowest BCUT2D eigenvalue weighted by atomic mass is 9.70. The number of phenolic OH excluding ortho intramolecular Hbond substituents is 2. The smallest absolute Gasteiger partial charge is 0.315 e. The lowest BCUT2D eigenvalue weighted by Crippen LogP contribution is -2.31. The Hall–Kier alpha value is -3.53. The molecule has 1 aliphatic carbocycles. The average molecular weight is 597 g/mol. The van der Waals surface area contributed by atoms with Crippen LogP contribution in [0, 0.1) is 11.3 Å². The number of phenols is 2. The summed E-state index contributed by atoms with van der Waals surface area (Å²) in [6.45, 7) is 10.4. The molecule has 0 fully saturated rings. The molecule has 4 nitrogen and oxygen atoms in total. The number of hydrogen-bond donors (Lipinski definition) is 2. The molecule has 1 aliphatic rings. The average Bonchev–Trinajstić information content (AvgIpc) is 3.01. The van der Waals surface area contributed by atoms with Crippen LogP contribution in [-0.2, 0) is 28.8 Å². The van der Waals surface area contributed by atoms with Crippen LogP contribution in [0.4, 0.5) is 0 Å². The van der Waals surface area contributed by atoms with Crippen molar-refractivity contribution in [3.05, 3.63) is 99.6 Å². The Labute approximate surface area is 265 Å². The summed E-state index contributed by atoms with van der Waals surface area (Å²) in [5.41, 5.74) is 6.58. The molecule has 0 spiro atoms. The van der Waals surface area contributed by atoms with Crippen molar-refractivity contribution < 1.29 is 19.7 Å². The molecule has 3 aromatic carbocycles. The zero-order valence-electron chi connectivity index (χ0n) is 27.5. The number of carbonyl (C=O) groups excluding carboxylic acids is 1. The number of aromatic hydroxyl groups is 2. The third kappa shape index (κ3) is 7.75. The Morgan fingerprint density at radius 3 is 1.89 bits per heavy atom. The van der Waals surface area contributed by atoms with Crippen LogP contribution in [0.3, 0.4) is 0 Å². The molecule has 3 aromatic rings. The first-order valence-electron chi connectivity index (χ1n) is 16.7. The van der Waals surface area contributed by atoms with E-state index >= 15 is 0 Å². The molecule has 0 bridgehead atoms. The highest BCUT2D eigenvalue weighted by Gasteiger charge is 2.39. The molecular formula is C40H52O4. The molecule has 0 heterocycles. The van der Waals surface area contributed by atoms with Crippen molar-refractivity contribution >= 4 is 11.5 Å². The Balaban J connectivity index is 1.99. The topological polar surface area (TPSA) is 66.8 Å². The summed E-state index contributed by atoms with van der Waals surface area (Å²) >= 11 is 0. The van der Waals surface area contributed by atoms with Crippen molar-refractivity contribution in [2.24, 2.45) is 11.3 Å². The Bertz CT molecular complexity index is 1350. The zero-order chi connectivity index (χ0) is 31.7. The third-order valence-electron chi connectivity index (χ3n) is 9.40. The Kier molecular flexibility index (Phi) is 11.7. The maximum atomic E-state index is 13.3. The highest BCUT2D eigenvalue weighted by Crippen LogP contribution is 2.52. The van der Waals surface area contributed by atoms with Crippen LogP contribution in [-0.4, -0.2) is 22.8 Å². The first-order chi connectivity index (χ1) is 21.2. The molecule has 0 aliphatic heterocycles. The van der Waals surface area contributed by atoms with Crippen molar-refractivity contribution in [3.8, 4) is 11.5 Å². The van der Waals surface area contributed by atoms with Gasteiger partial charge in [0.25, 0.3) is 0 Å². The van der Waals surface area contributed by atoms with Gasteiger partial charge >= 0.3 is 5.97 Å². The minimum atomic E-state index is -0.874. The Morgan fingerprint density at radius 2 is 1.36 bits per heavy atom. The summed E-state index contributed by atoms with van der Waals surface area (Å²) in [5.74, 6) is 0.415. The summed E-state index contributed by atoms with van der Waals surface area (Å²) in [6.07, 6.45) is 10.0. The lowest BCUT2D eigenvalue weighted by Gasteiger charge is -2.35. The minimum absolute atomic E-state index is 0.160. The van der Waals surface area contributed by atoms with Gasteiger partial charge in [-0.2, -0.15) is 0 Å². The van der Waals surface area contributed by atoms with E-state index in [4.69, 9.17) is 4.74 Å². The fraction of sp³-hybridized carbons (Fsp3) is 0.475. The number of allylic oxidation sites excluding steroid dienone is 1. The first kappa shape index (κ1) is 33.4. The van der Waals surface area contributed by atoms with E-state index in [0.29, 0.717) is 37.4 Å². The van der Waals surface area contributed by atoms with Gasteiger partial charge in [-0.3, -0.25) is 4.79 Å². The molecule has 44 heavy (non-hydrogen) atoms. The quantitative estimate of drug-likeness (QED) is 0.144. The van der Waals surface area contributed by atoms with Gasteiger partial charge in [0, 0.05) is 24.0 Å². The number of rotatable bonds is 14. The van der Waals surface area contributed by atoms with Crippen LogP contribution in [0.25, 0.3) is 5.57 Å². The molecule has 0 radical (unpaired) electrons. The summed E-state index contributed by atoms with van der Waals surface area (Å²) in [6, 6.07) is 20.6. The maximum absolute atomic E-state index is 13.3. The van der Waals surface area contributed by atoms with Gasteiger partial charge in [0.15, 0.2) is 0 Å². The van der Waals surface area contributed by atoms with E-state index in [2.05, 4.69) is 38.1 Å². The number of unbranched alkanes of at least 4 members (excludes halogenated alkanes) is 4. The van der Waals surface area contributed by atoms with Gasteiger partial charge in [0.1, 0.15) is 11.5 Å². The van der Waals surface area contributed by atoms with Crippen molar-refractivity contribution in [2.45, 2.75) is 105 Å². The lowest BCUT2D eigenvalue weighted by molar-refractivity contribution is -0.151. The van der Waals surface area contributed by atoms with Gasteiger partial charge in [-0.15, -0.1) is 0 Å². The van der Waals surface area contributed by atoms with Crippen LogP contribution >= 0.6 is 0 Å². The predicted molar refractivity (Wildman–Crippen MR) is 181 cm³/mol. The van der Waals surface area contributed by atoms with Crippen molar-refractivity contribution in [2.75, 3.05) is 6.61 Å². The van der Waals surface area contributed by atoms with Gasteiger partial charge < -0.3 is 14.9 Å². The molecule has 0 amide bonds. The number of benzene rings is 3. The molecule has 4 rings (SSSR count). The Morgan fingerprint density at radius 1 is 0.818 bits per heavy atom. The van der Waals surface area contributed by atoms with Crippen molar-refractivity contribution in [1.29, 1.82) is 0 Å². The molecule has 1 atom stereocenters. The largest absolute Gasteiger partial charge is 0.507 e. The van der Waals surface area contributed by atoms with E-state index in [1.807, 2.05) is 57.2 Å². The number of carbonyl (C=O) groups is 1. The summed E-state index contributed by atoms with van der Waals surface area (Å²) < 4.78 is 5.53. The minimum Gasteiger partial charge on any atom is -0.507 e. The summed E-state index contributed by atoms with van der Waals surface area (Å²) in [4.78, 5) is 13.3. The molecule has 0 saturated carbocycles. The van der Waals surface area contributed by atoms with E-state index in [1.165, 1.54) is 19.3 Å². The molecule has 0 saturated heterocycles. The summed E-state index contributed by atoms with van der Waals surface area (Å²) in [7, 11) is 0. The highest BCUT2D eigenvalue weighted by atomic mass is 16.5. The standard InChI is InChI=1S/C40H52O4/c1-6-8-9-10-17-22-31-32(26-29-18-13-11-14-19-29)37(41)36(38(42)33(31)27-30-20-15-12-16-21-30)34-25-28(3)23-24-35(34)40(4,5)39(43)44-7-2/h11-16,18-21,28,41-42H,6-10,17,22-27H2,1-5H3. The fourth-order valence-electron chi connectivity index (χ4n) is 6.85. The second-order valence-electron chi connectivity index (χ2n) is 13.1. The van der Waals surface area contributed by atoms with E-state index in [0.717, 1.165) is 71.1 Å². The van der Waals surface area contributed by atoms with E-state index < -0.39 is 5.41 Å². The van der Waals surface area contributed by atoms with Gasteiger partial charge in [-0.1, -0.05) is 100 Å². The molecule has 0 aromatic heterocycles. The maximum Gasteiger partial charge on any atom is 0.315 e. The number of ether oxygens (including phenoxy) is 1. The van der Waals surface area contributed by atoms with Crippen LogP contribution in [0.1, 0.15) is 119 Å². The number of hydrogen-bond acceptors (Lipinski definition) is 4. The molecule has 1 unspecified atom stereocenters. The van der Waals surface area contributed by atoms with Crippen LogP contribution in [0.15, 0.2) is 66.2 Å². The molecular weight excluding hydrogens is 544 g/mol. The van der Waals surface area contributed by atoms with Crippen molar-refractivity contribution in [3.63, 3.8) is 0 Å². The van der Waals surface area contributed by atoms with Gasteiger partial charge in [0.2, 0.25) is 0 Å². The van der Waals surface area contributed by atoms with E-state index in [9.17, 15) is 15.0 Å². The second-order valence-corrected chi connectivity index (χ2v) is 13.1. The monoisotopic (exact) mass is 596 g/mol. The van der Waals surface area contributed by atoms with Crippen LogP contribution in [0.5, 0.6) is 11.5 Å². The highest BCUT2D eigenvalue weighted by molar-refractivity contribution is 5.88. The van der Waals surface area contributed by atoms with Gasteiger partial charge in [-0.05, 0) is 86.6 Å². The SMILES string of the molecule is CCCCCCCc1c(Cc2ccccc2)c(O)c(C2=C(C(C)(C)C(=O)OCC)CCC(C)C2)c(O)c1Cc1ccccc1. The van der Waals surface area contributed by atoms with Gasteiger partial charge in [0.05, 0.1) is 17.6 Å². The predicted octanol–water partition coefficient (Wildman–Crippen LogP) is 9.96. The first-order valence-corrected chi connectivity index (χ1v) is 16.7. The van der Waals surface area contributed by atoms with Crippen molar-refractivity contribution in [1.82, 2.24) is 0 Å². The van der Waals surface area contributed by atoms with E-state index in [1.54, 1.807) is 0 Å². The fourth-order valence-corrected chi connectivity index (χ4v) is 6.85. The molecule has 2 N–H and O–H groups in total. The number of esters is 1. The van der Waals surface area contributed by atoms with E-state index in [-0.39, 0.29) is 17.5 Å². The molecule has 4 heteroatoms. The van der Waals surface area contributed by atoms with Gasteiger partial charge in [-0.25, -0.2) is 0 Å². The zero-order valence-corrected chi connectivity index (χ0v) is 27.5. The third-order valence-corrected chi connectivity index (χ3v) is 9.40. The van der Waals surface area contributed by atoms with Crippen LogP contribution < -0.4 is 0 Å². The second kappa shape index (κ2) is 15.5. The normalized spacial score (nSPS) is 15.4. The van der Waals surface area contributed by atoms with Crippen LogP contribution in [0.2, 0.25) is 0 Å². The molecule has 236 valence electrons. The summed E-state index contributed by atoms with van der Waals surface area (Å²) in [5, 5.41) is 24.6.